The lowest BCUT2D eigenvalue weighted by atomic mass is 9.83. The standard InChI is InChI=1S/C19H21F2N3O2.C17H23F2NO2.C13H16F2N2O.C12H15F2N.C9H19N.C7H12.C6H3F2I.C5H5BrN2O.C4H9NOSi/c1-23-12-17(22-11-19(23)26)10-18(25)24-4-2-13(3-5-24)6-14-7-15(20)9-16(21)8-14;1-17(2,3)22-16(21)20-6-4-12(5-7-20)8-13-9-14(18)11-15(19)10-13;14-11-6-10(7-12(15)8-11)5-9-1-3-17(4-2-9)13(16)18;13-11-6-10(7-12(14)8-11)5-9-1-3-15-4-2-9;1-3-8-6-4-5-7-9(8)10-2;1-7-5-3-2-4-6-7;7-4-1-5(8)3-6(9)2-4;1-8-3-4(6)7-2-5(8)9;1-7(2,3)5-4-6/h7-9,11-13H,2-6,10H2,1H3;9-12H,4-8H2,1-3H3;6-9H,1-5H2,(H2,16,18);6-9,15H,1-5H2;8-10H,3-7H2,1-2H3;1-6H2;1-3H;2-3H,1H3;1-3H3/t;;;;8-,9-;;;;/m....1..../s1. The molecule has 0 radical (unpaired) electrons. The van der Waals surface area contributed by atoms with Gasteiger partial charge in [0.25, 0.3) is 11.1 Å². The van der Waals surface area contributed by atoms with Crippen molar-refractivity contribution >= 4 is 70.9 Å². The fraction of sp³-hybridized carbons (Fsp3) is 0.522. The highest BCUT2D eigenvalue weighted by atomic mass is 127. The number of aromatic nitrogens is 4. The number of benzene rings is 5. The molecular weight excluding hydrogens is 1800 g/mol. The number of aryl methyl sites for hydroxylation is 2. The van der Waals surface area contributed by atoms with E-state index in [2.05, 4.69) is 61.7 Å². The van der Waals surface area contributed by atoms with Crippen molar-refractivity contribution in [3.8, 4) is 0 Å². The SMILES string of the molecule is C=C1CCCCC1.CC(C)(C)OC(=O)N1CCC(Cc2cc(F)cc(F)c2)CC1.CC[C@@H]1CCCC[C@H]1NC.C[Si](C)(C)N=C=O.Cn1cc(Br)ncc1=O.Cn1cc(CC(=O)N2CCC(Cc3cc(F)cc(F)c3)CC2)ncc1=O.Fc1cc(F)cc(CC2CCNCC2)c1.Fc1cc(F)cc(I)c1.NC(=O)N1CCC(Cc2cc(F)cc(F)c2)CC1. The second-order valence-electron chi connectivity index (χ2n) is 33.9. The number of rotatable bonds is 13. The van der Waals surface area contributed by atoms with Gasteiger partial charge in [0, 0.05) is 106 Å². The molecule has 4 N–H and O–H groups in total. The van der Waals surface area contributed by atoms with Gasteiger partial charge >= 0.3 is 12.1 Å². The molecule has 7 aromatic rings. The van der Waals surface area contributed by atoms with Crippen LogP contribution in [0.15, 0.2) is 147 Å². The summed E-state index contributed by atoms with van der Waals surface area (Å²) in [6, 6.07) is 18.4. The lowest BCUT2D eigenvalue weighted by Gasteiger charge is -2.33. The van der Waals surface area contributed by atoms with Gasteiger partial charge < -0.3 is 44.9 Å². The number of likely N-dealkylation sites (tertiary alicyclic amines) is 3. The molecule has 0 unspecified atom stereocenters. The highest BCUT2D eigenvalue weighted by Crippen LogP contribution is 2.30. The summed E-state index contributed by atoms with van der Waals surface area (Å²) in [5, 5.41) is 6.68. The predicted molar refractivity (Wildman–Crippen MR) is 478 cm³/mol. The first-order chi connectivity index (χ1) is 58.1. The van der Waals surface area contributed by atoms with Gasteiger partial charge in [-0.2, -0.15) is 0 Å². The minimum atomic E-state index is -1.46. The molecule has 0 spiro atoms. The molecule has 31 heteroatoms. The van der Waals surface area contributed by atoms with Crippen LogP contribution in [0.3, 0.4) is 0 Å². The van der Waals surface area contributed by atoms with Crippen molar-refractivity contribution in [1.29, 1.82) is 0 Å². The van der Waals surface area contributed by atoms with Crippen LogP contribution >= 0.6 is 38.5 Å². The smallest absolute Gasteiger partial charge is 0.410 e. The molecule has 2 aliphatic carbocycles. The molecule has 0 bridgehead atoms. The number of hydrogen-bond donors (Lipinski definition) is 3. The summed E-state index contributed by atoms with van der Waals surface area (Å²) >= 11 is 4.98. The van der Waals surface area contributed by atoms with Gasteiger partial charge in [0.05, 0.1) is 24.5 Å². The fourth-order valence-electron chi connectivity index (χ4n) is 14.9. The zero-order chi connectivity index (χ0) is 90.9. The number of allylic oxidation sites excluding steroid dienone is 1. The molecule has 13 rings (SSSR count). The Labute approximate surface area is 741 Å². The van der Waals surface area contributed by atoms with Gasteiger partial charge in [-0.15, -0.1) is 0 Å². The Morgan fingerprint density at radius 3 is 1.24 bits per heavy atom. The van der Waals surface area contributed by atoms with Crippen LogP contribution in [0.5, 0.6) is 0 Å². The fourth-order valence-corrected chi connectivity index (χ4v) is 16.2. The van der Waals surface area contributed by atoms with E-state index in [-0.39, 0.29) is 29.5 Å². The number of nitrogens with zero attached hydrogens (tertiary/aromatic N) is 8. The second kappa shape index (κ2) is 54.5. The van der Waals surface area contributed by atoms with Crippen molar-refractivity contribution in [1.82, 2.24) is 44.4 Å². The minimum absolute atomic E-state index is 0.0219. The zero-order valence-electron chi connectivity index (χ0n) is 72.6. The maximum atomic E-state index is 13.3. The lowest BCUT2D eigenvalue weighted by molar-refractivity contribution is -0.131. The molecule has 123 heavy (non-hydrogen) atoms. The van der Waals surface area contributed by atoms with Crippen LogP contribution in [-0.4, -0.2) is 137 Å². The van der Waals surface area contributed by atoms with E-state index >= 15 is 0 Å². The summed E-state index contributed by atoms with van der Waals surface area (Å²) in [4.78, 5) is 79.7. The Bertz CT molecular complexity index is 4470. The average molecular weight is 1920 g/mol. The third kappa shape index (κ3) is 43.9. The first kappa shape index (κ1) is 105. The monoisotopic (exact) mass is 1920 g/mol. The van der Waals surface area contributed by atoms with Gasteiger partial charge in [0.2, 0.25) is 12.0 Å². The van der Waals surface area contributed by atoms with Crippen LogP contribution in [0.25, 0.3) is 0 Å². The molecule has 6 fully saturated rings. The Morgan fingerprint density at radius 1 is 0.561 bits per heavy atom. The number of primary amides is 1. The highest BCUT2D eigenvalue weighted by molar-refractivity contribution is 14.1. The van der Waals surface area contributed by atoms with E-state index in [1.807, 2.05) is 63.0 Å². The van der Waals surface area contributed by atoms with E-state index < -0.39 is 78.0 Å². The van der Waals surface area contributed by atoms with Crippen molar-refractivity contribution in [3.05, 3.63) is 243 Å². The van der Waals surface area contributed by atoms with Crippen LogP contribution in [0.1, 0.15) is 171 Å². The topological polar surface area (TPSA) is 219 Å². The maximum absolute atomic E-state index is 13.3. The maximum Gasteiger partial charge on any atom is 0.410 e. The van der Waals surface area contributed by atoms with E-state index in [0.717, 1.165) is 119 Å². The third-order valence-electron chi connectivity index (χ3n) is 21.3. The van der Waals surface area contributed by atoms with E-state index in [9.17, 15) is 72.7 Å². The van der Waals surface area contributed by atoms with E-state index in [4.69, 9.17) is 10.5 Å². The average Bonchev–Trinajstić information content (AvgIpc) is 0.856. The number of carbonyl (C=O) groups excluding carboxylic acids is 4. The molecule has 4 saturated heterocycles. The minimum Gasteiger partial charge on any atom is -0.444 e. The predicted octanol–water partition coefficient (Wildman–Crippen LogP) is 20.0. The summed E-state index contributed by atoms with van der Waals surface area (Å²) < 4.78 is 142. The number of ether oxygens (including phenoxy) is 1. The van der Waals surface area contributed by atoms with Gasteiger partial charge in [-0.25, -0.2) is 67.9 Å². The molecule has 6 aliphatic rings. The van der Waals surface area contributed by atoms with Crippen molar-refractivity contribution in [3.63, 3.8) is 0 Å². The van der Waals surface area contributed by atoms with Crippen LogP contribution in [-0.2, 0) is 60.5 Å². The van der Waals surface area contributed by atoms with Crippen molar-refractivity contribution in [2.24, 2.45) is 54.1 Å². The molecule has 5 aromatic carbocycles. The molecule has 4 amide bonds. The third-order valence-corrected chi connectivity index (χ3v) is 23.1. The normalized spacial score (nSPS) is 16.9. The number of carbonyl (C=O) groups is 3. The molecule has 6 heterocycles. The number of halogens is 12. The molecular formula is C92H123BrF10IN11O7Si. The van der Waals surface area contributed by atoms with Crippen LogP contribution in [0, 0.1) is 91.3 Å². The number of hydrogen-bond acceptors (Lipinski definition) is 12. The molecule has 4 aliphatic heterocycles. The van der Waals surface area contributed by atoms with Gasteiger partial charge in [-0.1, -0.05) is 44.8 Å². The number of piperidine rings is 4. The van der Waals surface area contributed by atoms with E-state index in [1.54, 1.807) is 47.3 Å². The summed E-state index contributed by atoms with van der Waals surface area (Å²) in [7, 11) is 3.94. The molecule has 2 saturated carbocycles. The zero-order valence-corrected chi connectivity index (χ0v) is 77.4. The number of isocyanates is 1. The van der Waals surface area contributed by atoms with Crippen LogP contribution in [0.4, 0.5) is 53.5 Å². The second-order valence-corrected chi connectivity index (χ2v) is 40.5. The van der Waals surface area contributed by atoms with Crippen molar-refractivity contribution in [2.75, 3.05) is 59.4 Å². The van der Waals surface area contributed by atoms with Gasteiger partial charge in [-0.3, -0.25) is 19.4 Å². The first-order valence-electron chi connectivity index (χ1n) is 42.2. The van der Waals surface area contributed by atoms with Crippen molar-refractivity contribution < 1.29 is 67.8 Å². The quantitative estimate of drug-likeness (QED) is 0.0246. The summed E-state index contributed by atoms with van der Waals surface area (Å²) in [5.74, 6) is -2.80. The Kier molecular flexibility index (Phi) is 46.6. The van der Waals surface area contributed by atoms with E-state index in [1.165, 1.54) is 152 Å². The van der Waals surface area contributed by atoms with Crippen LogP contribution in [0.2, 0.25) is 19.6 Å². The van der Waals surface area contributed by atoms with E-state index in [0.29, 0.717) is 113 Å². The first-order valence-corrected chi connectivity index (χ1v) is 47.5. The van der Waals surface area contributed by atoms with Gasteiger partial charge in [-0.05, 0) is 327 Å². The number of nitrogens with one attached hydrogen (secondary N) is 2. The van der Waals surface area contributed by atoms with Crippen molar-refractivity contribution in [2.45, 2.75) is 207 Å². The summed E-state index contributed by atoms with van der Waals surface area (Å²) in [5.41, 5.74) is 9.19. The highest BCUT2D eigenvalue weighted by Gasteiger charge is 2.29. The molecule has 2 aromatic heterocycles. The molecule has 676 valence electrons. The Balaban J connectivity index is 0.000000255. The number of amides is 4. The summed E-state index contributed by atoms with van der Waals surface area (Å²) in [6.07, 6.45) is 30.7. The molecule has 18 nitrogen and oxygen atoms in total. The number of nitrogens with two attached hydrogens (primary N) is 1. The largest absolute Gasteiger partial charge is 0.444 e. The lowest BCUT2D eigenvalue weighted by Crippen LogP contribution is -2.42. The van der Waals surface area contributed by atoms with Gasteiger partial charge in [0.1, 0.15) is 68.4 Å². The molecule has 2 atom stereocenters. The van der Waals surface area contributed by atoms with Gasteiger partial charge in [0.15, 0.2) is 8.24 Å². The summed E-state index contributed by atoms with van der Waals surface area (Å²) in [6.45, 7) is 23.5. The number of urea groups is 1. The Morgan fingerprint density at radius 2 is 0.927 bits per heavy atom. The Hall–Kier alpha value is -8.36. The van der Waals surface area contributed by atoms with Crippen LogP contribution < -0.4 is 27.5 Å².